The molecule has 0 aliphatic carbocycles. The molecular weight excluding hydrogens is 584 g/mol. The summed E-state index contributed by atoms with van der Waals surface area (Å²) in [5.41, 5.74) is 2.50. The van der Waals surface area contributed by atoms with Gasteiger partial charge >= 0.3 is 6.09 Å². The molecule has 0 radical (unpaired) electrons. The number of benzene rings is 2. The molecule has 3 aromatic rings. The Morgan fingerprint density at radius 1 is 1.02 bits per heavy atom. The van der Waals surface area contributed by atoms with Gasteiger partial charge in [-0.15, -0.1) is 0 Å². The van der Waals surface area contributed by atoms with Crippen molar-refractivity contribution in [3.8, 4) is 11.1 Å². The third-order valence-electron chi connectivity index (χ3n) is 7.04. The van der Waals surface area contributed by atoms with Gasteiger partial charge in [0.25, 0.3) is 5.91 Å². The van der Waals surface area contributed by atoms with Crippen molar-refractivity contribution in [3.63, 3.8) is 0 Å². The molecule has 10 nitrogen and oxygen atoms in total. The second-order valence-electron chi connectivity index (χ2n) is 12.9. The number of hydrazine groups is 1. The van der Waals surface area contributed by atoms with Crippen LogP contribution in [0.15, 0.2) is 60.8 Å². The van der Waals surface area contributed by atoms with Gasteiger partial charge in [0.15, 0.2) is 0 Å². The molecule has 0 unspecified atom stereocenters. The molecule has 2 aromatic carbocycles. The Kier molecular flexibility index (Phi) is 11.5. The van der Waals surface area contributed by atoms with E-state index in [4.69, 9.17) is 10.6 Å². The van der Waals surface area contributed by atoms with Crippen molar-refractivity contribution in [2.45, 2.75) is 72.2 Å². The van der Waals surface area contributed by atoms with Crippen molar-refractivity contribution < 1.29 is 33.0 Å². The number of nitrogens with one attached hydrogen (secondary N) is 2. The number of aliphatic hydroxyl groups is 1. The minimum Gasteiger partial charge on any atom is -0.444 e. The molecule has 2 atom stereocenters. The average Bonchev–Trinajstić information content (AvgIpc) is 3.35. The van der Waals surface area contributed by atoms with Crippen LogP contribution in [0.3, 0.4) is 0 Å². The summed E-state index contributed by atoms with van der Waals surface area (Å²) in [5, 5.41) is 12.5. The molecule has 1 aromatic heterocycles. The van der Waals surface area contributed by atoms with Gasteiger partial charge in [-0.1, -0.05) is 51.1 Å². The second-order valence-corrected chi connectivity index (χ2v) is 12.9. The summed E-state index contributed by atoms with van der Waals surface area (Å²) in [6.45, 7) is 10.2. The maximum absolute atomic E-state index is 15.0. The number of aliphatic hydroxyl groups excluding tert-OH is 1. The quantitative estimate of drug-likeness (QED) is 0.139. The molecule has 0 spiro atoms. The predicted octanol–water partition coefficient (Wildman–Crippen LogP) is 4.66. The first-order valence-electron chi connectivity index (χ1n) is 14.6. The summed E-state index contributed by atoms with van der Waals surface area (Å²) >= 11 is 0. The molecule has 3 amide bonds. The van der Waals surface area contributed by atoms with Gasteiger partial charge in [0.2, 0.25) is 5.91 Å². The summed E-state index contributed by atoms with van der Waals surface area (Å²) in [6, 6.07) is 12.5. The van der Waals surface area contributed by atoms with Crippen molar-refractivity contribution in [2.75, 3.05) is 13.2 Å². The first-order chi connectivity index (χ1) is 21.0. The molecular formula is C33H43F2N5O5. The summed E-state index contributed by atoms with van der Waals surface area (Å²) in [4.78, 5) is 40.0. The largest absolute Gasteiger partial charge is 0.444 e. The normalized spacial score (nSPS) is 13.1. The smallest absolute Gasteiger partial charge is 0.408 e. The lowest BCUT2D eigenvalue weighted by molar-refractivity contribution is -0.140. The minimum atomic E-state index is -1.17. The van der Waals surface area contributed by atoms with Crippen LogP contribution in [0.5, 0.6) is 0 Å². The summed E-state index contributed by atoms with van der Waals surface area (Å²) in [5.74, 6) is 2.83. The van der Waals surface area contributed by atoms with E-state index in [2.05, 4.69) is 5.32 Å². The van der Waals surface area contributed by atoms with E-state index >= 15 is 0 Å². The highest BCUT2D eigenvalue weighted by molar-refractivity contribution is 5.85. The van der Waals surface area contributed by atoms with Crippen LogP contribution in [0.2, 0.25) is 0 Å². The minimum absolute atomic E-state index is 0.0528. The van der Waals surface area contributed by atoms with E-state index in [9.17, 15) is 28.3 Å². The maximum atomic E-state index is 15.0. The molecule has 244 valence electrons. The van der Waals surface area contributed by atoms with Gasteiger partial charge in [-0.3, -0.25) is 15.0 Å². The Hall–Kier alpha value is -4.29. The van der Waals surface area contributed by atoms with E-state index in [1.807, 2.05) is 61.1 Å². The number of amides is 3. The number of alkyl carbamates (subject to hydrolysis) is 1. The zero-order valence-electron chi connectivity index (χ0n) is 26.6. The third-order valence-corrected chi connectivity index (χ3v) is 7.04. The van der Waals surface area contributed by atoms with Crippen molar-refractivity contribution in [1.82, 2.24) is 20.2 Å². The van der Waals surface area contributed by atoms with Gasteiger partial charge in [0.1, 0.15) is 29.9 Å². The van der Waals surface area contributed by atoms with Gasteiger partial charge < -0.3 is 24.6 Å². The van der Waals surface area contributed by atoms with Crippen LogP contribution in [0, 0.1) is 17.0 Å². The van der Waals surface area contributed by atoms with E-state index in [-0.39, 0.29) is 18.5 Å². The van der Waals surface area contributed by atoms with Crippen molar-refractivity contribution in [2.24, 2.45) is 11.3 Å². The summed E-state index contributed by atoms with van der Waals surface area (Å²) in [6.07, 6.45) is 0.780. The molecule has 0 bridgehead atoms. The molecule has 0 aliphatic heterocycles. The number of carbonyl (C=O) groups is 3. The fourth-order valence-corrected chi connectivity index (χ4v) is 5.19. The molecule has 5 N–H and O–H groups in total. The number of nitrogens with zero attached hydrogens (tertiary/aromatic N) is 2. The zero-order valence-corrected chi connectivity index (χ0v) is 26.6. The molecule has 0 saturated carbocycles. The van der Waals surface area contributed by atoms with Crippen LogP contribution in [0.1, 0.15) is 65.3 Å². The Labute approximate surface area is 262 Å². The van der Waals surface area contributed by atoms with Crippen LogP contribution in [0.4, 0.5) is 13.6 Å². The topological polar surface area (TPSA) is 139 Å². The number of ether oxygens (including phenoxy) is 1. The first kappa shape index (κ1) is 35.2. The Morgan fingerprint density at radius 3 is 2.27 bits per heavy atom. The number of aromatic nitrogens is 1. The molecule has 0 saturated heterocycles. The highest BCUT2D eigenvalue weighted by Crippen LogP contribution is 2.41. The predicted molar refractivity (Wildman–Crippen MR) is 166 cm³/mol. The Morgan fingerprint density at radius 2 is 1.69 bits per heavy atom. The number of nitrogens with two attached hydrogens (primary N) is 1. The standard InChI is InChI=1S/C33H43F2N5O5/c1-32(2,3)29(40(28(42)20-41)15-14-26(30(43)38-36)37-31(44)45-33(4,5)6)27-16-22(24-17-23(34)12-13-25(24)35)19-39(27)18-21-10-8-7-9-11-21/h7-13,16-17,19,26,29,41H,14-15,18,20,36H2,1-6H3,(H,37,44)(H,38,43)/t26-,29-/m0/s1. The fraction of sp³-hybridized carbons (Fsp3) is 0.424. The number of carbonyl (C=O) groups excluding carboxylic acids is 3. The molecule has 45 heavy (non-hydrogen) atoms. The highest BCUT2D eigenvalue weighted by atomic mass is 19.1. The summed E-state index contributed by atoms with van der Waals surface area (Å²) < 4.78 is 36.4. The van der Waals surface area contributed by atoms with E-state index in [1.165, 1.54) is 4.90 Å². The van der Waals surface area contributed by atoms with Crippen LogP contribution < -0.4 is 16.6 Å². The van der Waals surface area contributed by atoms with Crippen LogP contribution in [-0.2, 0) is 20.9 Å². The second kappa shape index (κ2) is 14.7. The van der Waals surface area contributed by atoms with Gasteiger partial charge in [0.05, 0.1) is 6.04 Å². The fourth-order valence-electron chi connectivity index (χ4n) is 5.19. The lowest BCUT2D eigenvalue weighted by Gasteiger charge is -2.41. The van der Waals surface area contributed by atoms with E-state index in [1.54, 1.807) is 33.0 Å². The van der Waals surface area contributed by atoms with Crippen LogP contribution in [-0.4, -0.2) is 57.3 Å². The van der Waals surface area contributed by atoms with E-state index in [0.717, 1.165) is 23.8 Å². The number of halogens is 2. The number of hydrogen-bond donors (Lipinski definition) is 4. The monoisotopic (exact) mass is 627 g/mol. The van der Waals surface area contributed by atoms with E-state index < -0.39 is 59.2 Å². The van der Waals surface area contributed by atoms with Crippen molar-refractivity contribution in [3.05, 3.63) is 83.7 Å². The maximum Gasteiger partial charge on any atom is 0.408 e. The molecule has 1 heterocycles. The first-order valence-corrected chi connectivity index (χ1v) is 14.6. The lowest BCUT2D eigenvalue weighted by Crippen LogP contribution is -2.52. The lowest BCUT2D eigenvalue weighted by atomic mass is 9.82. The average molecular weight is 628 g/mol. The number of rotatable bonds is 11. The molecule has 3 rings (SSSR count). The third kappa shape index (κ3) is 9.60. The molecule has 12 heteroatoms. The van der Waals surface area contributed by atoms with Gasteiger partial charge in [-0.2, -0.15) is 0 Å². The van der Waals surface area contributed by atoms with Crippen molar-refractivity contribution >= 4 is 17.9 Å². The molecule has 0 fully saturated rings. The van der Waals surface area contributed by atoms with Crippen LogP contribution in [0.25, 0.3) is 11.1 Å². The Bertz CT molecular complexity index is 1480. The van der Waals surface area contributed by atoms with Crippen LogP contribution >= 0.6 is 0 Å². The summed E-state index contributed by atoms with van der Waals surface area (Å²) in [7, 11) is 0. The SMILES string of the molecule is CC(C)(C)OC(=O)N[C@@H](CCN(C(=O)CO)[C@@H](c1cc(-c2cc(F)ccc2F)cn1Cc1ccccc1)C(C)(C)C)C(=O)NN. The van der Waals surface area contributed by atoms with Gasteiger partial charge in [0, 0.05) is 36.1 Å². The van der Waals surface area contributed by atoms with Gasteiger partial charge in [-0.25, -0.2) is 19.4 Å². The molecule has 0 aliphatic rings. The zero-order chi connectivity index (χ0) is 33.5. The van der Waals surface area contributed by atoms with Crippen molar-refractivity contribution in [1.29, 1.82) is 0 Å². The Balaban J connectivity index is 2.11. The number of hydrogen-bond acceptors (Lipinski definition) is 6. The highest BCUT2D eigenvalue weighted by Gasteiger charge is 2.38. The van der Waals surface area contributed by atoms with Gasteiger partial charge in [-0.05, 0) is 62.4 Å². The van der Waals surface area contributed by atoms with E-state index in [0.29, 0.717) is 17.8 Å².